The van der Waals surface area contributed by atoms with Gasteiger partial charge >= 0.3 is 6.01 Å². The van der Waals surface area contributed by atoms with Gasteiger partial charge < -0.3 is 4.42 Å². The maximum atomic E-state index is 13.1. The summed E-state index contributed by atoms with van der Waals surface area (Å²) in [6.07, 6.45) is 1.73. The summed E-state index contributed by atoms with van der Waals surface area (Å²) < 4.78 is 34.7. The van der Waals surface area contributed by atoms with E-state index in [1.165, 1.54) is 28.6 Å². The summed E-state index contributed by atoms with van der Waals surface area (Å²) in [4.78, 5) is 12.7. The van der Waals surface area contributed by atoms with Crippen LogP contribution in [-0.2, 0) is 17.1 Å². The first kappa shape index (κ1) is 23.6. The highest BCUT2D eigenvalue weighted by Crippen LogP contribution is 2.21. The molecule has 1 N–H and O–H groups in total. The Bertz CT molecular complexity index is 1160. The Morgan fingerprint density at radius 3 is 2.22 bits per heavy atom. The number of amides is 1. The van der Waals surface area contributed by atoms with Gasteiger partial charge in [0, 0.05) is 31.9 Å². The van der Waals surface area contributed by atoms with Gasteiger partial charge in [-0.3, -0.25) is 14.8 Å². The summed E-state index contributed by atoms with van der Waals surface area (Å²) in [5.74, 6) is 0.0713. The molecule has 0 aliphatic carbocycles. The lowest BCUT2D eigenvalue weighted by molar-refractivity contribution is 0.102. The van der Waals surface area contributed by atoms with Crippen molar-refractivity contribution in [3.05, 3.63) is 42.1 Å². The van der Waals surface area contributed by atoms with E-state index >= 15 is 0 Å². The Balaban J connectivity index is 1.73. The fourth-order valence-corrected chi connectivity index (χ4v) is 4.86. The van der Waals surface area contributed by atoms with Gasteiger partial charge in [0.15, 0.2) is 0 Å². The molecule has 0 atom stereocenters. The minimum atomic E-state index is -3.67. The second kappa shape index (κ2) is 9.61. The highest BCUT2D eigenvalue weighted by Gasteiger charge is 2.26. The van der Waals surface area contributed by atoms with E-state index in [4.69, 9.17) is 4.42 Å². The standard InChI is InChI=1S/C21H28N6O4S/c1-14(2)12-27(13-15(3)4)32(29,30)17-8-6-16(7-9-17)19(28)22-21-24-23-20(31-21)18-10-11-26(5)25-18/h6-11,14-15H,12-13H2,1-5H3,(H,22,24,28). The topological polar surface area (TPSA) is 123 Å². The van der Waals surface area contributed by atoms with Gasteiger partial charge in [-0.2, -0.15) is 9.40 Å². The lowest BCUT2D eigenvalue weighted by atomic mass is 10.2. The minimum absolute atomic E-state index is 0.0765. The summed E-state index contributed by atoms with van der Waals surface area (Å²) in [7, 11) is -1.90. The lowest BCUT2D eigenvalue weighted by Crippen LogP contribution is -2.37. The number of nitrogens with one attached hydrogen (secondary N) is 1. The van der Waals surface area contributed by atoms with E-state index in [0.29, 0.717) is 18.8 Å². The number of benzene rings is 1. The van der Waals surface area contributed by atoms with Crippen molar-refractivity contribution in [2.75, 3.05) is 18.4 Å². The lowest BCUT2D eigenvalue weighted by Gasteiger charge is -2.25. The molecule has 11 heteroatoms. The normalized spacial score (nSPS) is 12.1. The maximum Gasteiger partial charge on any atom is 0.322 e. The van der Waals surface area contributed by atoms with E-state index in [-0.39, 0.29) is 34.2 Å². The van der Waals surface area contributed by atoms with Crippen molar-refractivity contribution < 1.29 is 17.6 Å². The molecule has 3 rings (SSSR count). The monoisotopic (exact) mass is 460 g/mol. The third-order valence-corrected chi connectivity index (χ3v) is 6.32. The molecule has 0 saturated carbocycles. The highest BCUT2D eigenvalue weighted by atomic mass is 32.2. The van der Waals surface area contributed by atoms with E-state index < -0.39 is 15.9 Å². The van der Waals surface area contributed by atoms with Gasteiger partial charge in [0.05, 0.1) is 4.90 Å². The van der Waals surface area contributed by atoms with Crippen LogP contribution in [0.15, 0.2) is 45.8 Å². The number of sulfonamides is 1. The fourth-order valence-electron chi connectivity index (χ4n) is 3.09. The smallest absolute Gasteiger partial charge is 0.322 e. The third-order valence-electron chi connectivity index (χ3n) is 4.47. The number of aryl methyl sites for hydroxylation is 1. The molecule has 0 spiro atoms. The van der Waals surface area contributed by atoms with Gasteiger partial charge in [-0.15, -0.1) is 5.10 Å². The molecule has 0 saturated heterocycles. The molecular formula is C21H28N6O4S. The predicted molar refractivity (Wildman–Crippen MR) is 119 cm³/mol. The number of nitrogens with zero attached hydrogens (tertiary/aromatic N) is 5. The van der Waals surface area contributed by atoms with Crippen LogP contribution >= 0.6 is 0 Å². The molecule has 0 aliphatic heterocycles. The molecule has 1 aromatic carbocycles. The van der Waals surface area contributed by atoms with E-state index in [1.807, 2.05) is 27.7 Å². The van der Waals surface area contributed by atoms with Crippen molar-refractivity contribution in [1.82, 2.24) is 24.3 Å². The van der Waals surface area contributed by atoms with Crippen LogP contribution in [-0.4, -0.2) is 51.7 Å². The number of hydrogen-bond donors (Lipinski definition) is 1. The van der Waals surface area contributed by atoms with E-state index in [9.17, 15) is 13.2 Å². The Morgan fingerprint density at radius 1 is 1.06 bits per heavy atom. The molecule has 1 amide bonds. The van der Waals surface area contributed by atoms with Crippen molar-refractivity contribution in [3.63, 3.8) is 0 Å². The van der Waals surface area contributed by atoms with Crippen molar-refractivity contribution >= 4 is 21.9 Å². The fraction of sp³-hybridized carbons (Fsp3) is 0.429. The molecule has 0 radical (unpaired) electrons. The summed E-state index contributed by atoms with van der Waals surface area (Å²) in [6, 6.07) is 7.42. The van der Waals surface area contributed by atoms with Crippen LogP contribution in [0.4, 0.5) is 6.01 Å². The van der Waals surface area contributed by atoms with Crippen LogP contribution in [0.1, 0.15) is 38.1 Å². The Labute approximate surface area is 187 Å². The second-order valence-corrected chi connectivity index (χ2v) is 10.3. The molecule has 10 nitrogen and oxygen atoms in total. The average molecular weight is 461 g/mol. The molecular weight excluding hydrogens is 432 g/mol. The van der Waals surface area contributed by atoms with E-state index in [0.717, 1.165) is 0 Å². The first-order valence-corrected chi connectivity index (χ1v) is 11.8. The van der Waals surface area contributed by atoms with E-state index in [1.54, 1.807) is 24.0 Å². The number of aromatic nitrogens is 4. The zero-order valence-corrected chi connectivity index (χ0v) is 19.6. The number of hydrogen-bond acceptors (Lipinski definition) is 7. The van der Waals surface area contributed by atoms with Crippen molar-refractivity contribution in [2.24, 2.45) is 18.9 Å². The second-order valence-electron chi connectivity index (χ2n) is 8.38. The first-order valence-electron chi connectivity index (χ1n) is 10.3. The van der Waals surface area contributed by atoms with Gasteiger partial charge in [-0.1, -0.05) is 32.8 Å². The molecule has 0 aliphatic rings. The number of carbonyl (C=O) groups excluding carboxylic acids is 1. The molecule has 172 valence electrons. The third kappa shape index (κ3) is 5.60. The zero-order chi connectivity index (χ0) is 23.5. The molecule has 2 aromatic heterocycles. The average Bonchev–Trinajstić information content (AvgIpc) is 3.35. The molecule has 0 unspecified atom stereocenters. The van der Waals surface area contributed by atoms with Gasteiger partial charge in [-0.05, 0) is 42.2 Å². The van der Waals surface area contributed by atoms with Crippen molar-refractivity contribution in [1.29, 1.82) is 0 Å². The van der Waals surface area contributed by atoms with Crippen LogP contribution in [0.25, 0.3) is 11.6 Å². The van der Waals surface area contributed by atoms with Crippen LogP contribution in [0.5, 0.6) is 0 Å². The largest absolute Gasteiger partial charge is 0.401 e. The van der Waals surface area contributed by atoms with Crippen LogP contribution in [0.2, 0.25) is 0 Å². The van der Waals surface area contributed by atoms with Crippen LogP contribution in [0.3, 0.4) is 0 Å². The zero-order valence-electron chi connectivity index (χ0n) is 18.8. The first-order chi connectivity index (χ1) is 15.1. The van der Waals surface area contributed by atoms with Gasteiger partial charge in [0.1, 0.15) is 5.69 Å². The van der Waals surface area contributed by atoms with E-state index in [2.05, 4.69) is 20.6 Å². The number of anilines is 1. The molecule has 2 heterocycles. The molecule has 32 heavy (non-hydrogen) atoms. The summed E-state index contributed by atoms with van der Waals surface area (Å²) in [5, 5.41) is 14.3. The van der Waals surface area contributed by atoms with Crippen LogP contribution in [0, 0.1) is 11.8 Å². The number of rotatable bonds is 9. The Hall–Kier alpha value is -3.05. The van der Waals surface area contributed by atoms with Crippen LogP contribution < -0.4 is 5.32 Å². The van der Waals surface area contributed by atoms with Gasteiger partial charge in [-0.25, -0.2) is 8.42 Å². The summed E-state index contributed by atoms with van der Waals surface area (Å²) >= 11 is 0. The summed E-state index contributed by atoms with van der Waals surface area (Å²) in [6.45, 7) is 8.78. The maximum absolute atomic E-state index is 13.1. The van der Waals surface area contributed by atoms with Gasteiger partial charge in [0.25, 0.3) is 11.8 Å². The number of carbonyl (C=O) groups is 1. The molecule has 3 aromatic rings. The minimum Gasteiger partial charge on any atom is -0.401 e. The SMILES string of the molecule is CC(C)CN(CC(C)C)S(=O)(=O)c1ccc(C(=O)Nc2nnc(-c3ccn(C)n3)o2)cc1. The molecule has 0 fully saturated rings. The highest BCUT2D eigenvalue weighted by molar-refractivity contribution is 7.89. The van der Waals surface area contributed by atoms with Crippen molar-refractivity contribution in [2.45, 2.75) is 32.6 Å². The molecule has 0 bridgehead atoms. The quantitative estimate of drug-likeness (QED) is 0.520. The van der Waals surface area contributed by atoms with Gasteiger partial charge in [0.2, 0.25) is 10.0 Å². The predicted octanol–water partition coefficient (Wildman–Crippen LogP) is 3.03. The Kier molecular flexibility index (Phi) is 7.09. The van der Waals surface area contributed by atoms with Crippen molar-refractivity contribution in [3.8, 4) is 11.6 Å². The Morgan fingerprint density at radius 2 is 1.69 bits per heavy atom. The summed E-state index contributed by atoms with van der Waals surface area (Å²) in [5.41, 5.74) is 0.753.